The van der Waals surface area contributed by atoms with Crippen LogP contribution >= 0.6 is 0 Å². The molecule has 1 aliphatic rings. The number of rotatable bonds is 6. The number of hydrogen-bond acceptors (Lipinski definition) is 3. The van der Waals surface area contributed by atoms with E-state index >= 15 is 0 Å². The summed E-state index contributed by atoms with van der Waals surface area (Å²) in [4.78, 5) is 13.4. The molecule has 0 atom stereocenters. The summed E-state index contributed by atoms with van der Waals surface area (Å²) in [5.74, 6) is -1.00. The molecule has 2 aromatic rings. The van der Waals surface area contributed by atoms with E-state index in [9.17, 15) is 9.90 Å². The van der Waals surface area contributed by atoms with Crippen molar-refractivity contribution in [1.82, 2.24) is 10.2 Å². The van der Waals surface area contributed by atoms with Gasteiger partial charge in [-0.3, -0.25) is 0 Å². The first kappa shape index (κ1) is 18.3. The molecule has 0 aliphatic carbocycles. The minimum absolute atomic E-state index is 0.165. The molecule has 0 bridgehead atoms. The molecule has 27 heavy (non-hydrogen) atoms. The van der Waals surface area contributed by atoms with Crippen LogP contribution in [0.2, 0.25) is 0 Å². The lowest BCUT2D eigenvalue weighted by molar-refractivity contribution is -0.134. The fourth-order valence-electron chi connectivity index (χ4n) is 3.06. The molecule has 3 rings (SSSR count). The highest BCUT2D eigenvalue weighted by Crippen LogP contribution is 2.26. The van der Waals surface area contributed by atoms with Gasteiger partial charge in [-0.15, -0.1) is 0 Å². The summed E-state index contributed by atoms with van der Waals surface area (Å²) in [6.45, 7) is 6.27. The average molecular weight is 358 g/mol. The molecule has 0 unspecified atom stereocenters. The van der Waals surface area contributed by atoms with E-state index in [0.717, 1.165) is 16.7 Å². The summed E-state index contributed by atoms with van der Waals surface area (Å²) in [5.41, 5.74) is 4.67. The first-order chi connectivity index (χ1) is 13.1. The normalized spacial score (nSPS) is 14.1. The molecule has 1 heterocycles. The monoisotopic (exact) mass is 358 g/mol. The fraction of sp³-hybridized carbons (Fsp3) is 0.0870. The summed E-state index contributed by atoms with van der Waals surface area (Å²) >= 11 is 0. The lowest BCUT2D eigenvalue weighted by Crippen LogP contribution is -2.29. The number of allylic oxidation sites excluding steroid dienone is 3. The van der Waals surface area contributed by atoms with Crippen molar-refractivity contribution >= 4 is 5.97 Å². The number of nitrogens with zero attached hydrogens (tertiary/aromatic N) is 1. The molecule has 4 nitrogen and oxygen atoms in total. The van der Waals surface area contributed by atoms with Gasteiger partial charge >= 0.3 is 5.97 Å². The molecule has 0 radical (unpaired) electrons. The number of carboxylic acid groups (broad SMARTS) is 1. The van der Waals surface area contributed by atoms with Crippen molar-refractivity contribution in [1.29, 1.82) is 0 Å². The number of nitrogens with one attached hydrogen (secondary N) is 1. The van der Waals surface area contributed by atoms with Gasteiger partial charge in [-0.1, -0.05) is 67.3 Å². The maximum atomic E-state index is 11.8. The number of aliphatic carboxylic acids is 1. The minimum atomic E-state index is -1.00. The molecule has 0 fully saturated rings. The Bertz CT molecular complexity index is 940. The fourth-order valence-corrected chi connectivity index (χ4v) is 3.06. The summed E-state index contributed by atoms with van der Waals surface area (Å²) in [6.07, 6.45) is 7.05. The number of carboxylic acids is 1. The highest BCUT2D eigenvalue weighted by atomic mass is 16.4. The SMILES string of the molecule is C=C1C=CC(NCc2ccccc2-c2ccccc2)=C(C(=O)O)N1/C=C\C. The highest BCUT2D eigenvalue weighted by molar-refractivity contribution is 5.88. The third-order valence-electron chi connectivity index (χ3n) is 4.32. The van der Waals surface area contributed by atoms with Gasteiger partial charge in [0.05, 0.1) is 5.70 Å². The van der Waals surface area contributed by atoms with Gasteiger partial charge in [0.2, 0.25) is 0 Å². The summed E-state index contributed by atoms with van der Waals surface area (Å²) < 4.78 is 0. The van der Waals surface area contributed by atoms with Crippen molar-refractivity contribution in [3.63, 3.8) is 0 Å². The van der Waals surface area contributed by atoms with Crippen molar-refractivity contribution in [2.75, 3.05) is 0 Å². The van der Waals surface area contributed by atoms with Crippen LogP contribution in [0.1, 0.15) is 12.5 Å². The standard InChI is InChI=1S/C23H22N2O2/c1-3-15-25-17(2)13-14-21(22(25)23(26)27)24-16-19-11-7-8-12-20(19)18-9-5-4-6-10-18/h3-15,24H,2,16H2,1H3,(H,26,27)/b15-3-. The Hall–Kier alpha value is -3.53. The molecule has 0 saturated heterocycles. The average Bonchev–Trinajstić information content (AvgIpc) is 2.69. The van der Waals surface area contributed by atoms with Crippen molar-refractivity contribution in [2.24, 2.45) is 0 Å². The van der Waals surface area contributed by atoms with Gasteiger partial charge in [0.25, 0.3) is 0 Å². The first-order valence-electron chi connectivity index (χ1n) is 8.75. The largest absolute Gasteiger partial charge is 0.476 e. The number of benzene rings is 2. The Balaban J connectivity index is 1.91. The van der Waals surface area contributed by atoms with E-state index in [1.165, 1.54) is 0 Å². The second-order valence-electron chi connectivity index (χ2n) is 6.12. The van der Waals surface area contributed by atoms with Gasteiger partial charge in [-0.05, 0) is 35.8 Å². The lowest BCUT2D eigenvalue weighted by Gasteiger charge is -2.27. The van der Waals surface area contributed by atoms with Crippen molar-refractivity contribution in [3.8, 4) is 11.1 Å². The summed E-state index contributed by atoms with van der Waals surface area (Å²) in [6, 6.07) is 18.3. The zero-order chi connectivity index (χ0) is 19.2. The van der Waals surface area contributed by atoms with Crippen LogP contribution < -0.4 is 5.32 Å². The second-order valence-corrected chi connectivity index (χ2v) is 6.12. The Morgan fingerprint density at radius 2 is 1.81 bits per heavy atom. The van der Waals surface area contributed by atoms with Gasteiger partial charge in [0.1, 0.15) is 0 Å². The van der Waals surface area contributed by atoms with E-state index in [4.69, 9.17) is 0 Å². The van der Waals surface area contributed by atoms with Crippen LogP contribution in [0.25, 0.3) is 11.1 Å². The molecule has 0 amide bonds. The minimum Gasteiger partial charge on any atom is -0.476 e. The Labute approximate surface area is 159 Å². The molecule has 0 aromatic heterocycles. The van der Waals surface area contributed by atoms with Crippen LogP contribution in [0.4, 0.5) is 0 Å². The van der Waals surface area contributed by atoms with E-state index in [0.29, 0.717) is 17.9 Å². The Morgan fingerprint density at radius 3 is 2.52 bits per heavy atom. The maximum Gasteiger partial charge on any atom is 0.355 e. The van der Waals surface area contributed by atoms with E-state index in [1.807, 2.05) is 43.3 Å². The van der Waals surface area contributed by atoms with Crippen molar-refractivity contribution < 1.29 is 9.90 Å². The molecule has 2 N–H and O–H groups in total. The molecule has 0 spiro atoms. The van der Waals surface area contributed by atoms with Crippen molar-refractivity contribution in [2.45, 2.75) is 13.5 Å². The van der Waals surface area contributed by atoms with E-state index < -0.39 is 5.97 Å². The molecule has 2 aromatic carbocycles. The maximum absolute atomic E-state index is 11.8. The Morgan fingerprint density at radius 1 is 1.11 bits per heavy atom. The first-order valence-corrected chi connectivity index (χ1v) is 8.75. The van der Waals surface area contributed by atoms with Gasteiger partial charge in [-0.25, -0.2) is 4.79 Å². The topological polar surface area (TPSA) is 52.6 Å². The van der Waals surface area contributed by atoms with Crippen LogP contribution in [0.15, 0.2) is 103 Å². The smallest absolute Gasteiger partial charge is 0.355 e. The van der Waals surface area contributed by atoms with Crippen LogP contribution in [0.5, 0.6) is 0 Å². The van der Waals surface area contributed by atoms with Crippen LogP contribution in [0, 0.1) is 0 Å². The van der Waals surface area contributed by atoms with E-state index in [1.54, 1.807) is 29.3 Å². The zero-order valence-corrected chi connectivity index (χ0v) is 15.2. The van der Waals surface area contributed by atoms with Gasteiger partial charge < -0.3 is 15.3 Å². The number of carbonyl (C=O) groups is 1. The summed E-state index contributed by atoms with van der Waals surface area (Å²) in [5, 5.41) is 13.0. The van der Waals surface area contributed by atoms with Crippen LogP contribution in [-0.2, 0) is 11.3 Å². The predicted octanol–water partition coefficient (Wildman–Crippen LogP) is 4.66. The van der Waals surface area contributed by atoms with Gasteiger partial charge in [-0.2, -0.15) is 0 Å². The van der Waals surface area contributed by atoms with Gasteiger partial charge in [0.15, 0.2) is 5.70 Å². The third-order valence-corrected chi connectivity index (χ3v) is 4.32. The molecule has 0 saturated carbocycles. The Kier molecular flexibility index (Phi) is 5.57. The lowest BCUT2D eigenvalue weighted by atomic mass is 9.99. The summed E-state index contributed by atoms with van der Waals surface area (Å²) in [7, 11) is 0. The van der Waals surface area contributed by atoms with E-state index in [-0.39, 0.29) is 5.70 Å². The zero-order valence-electron chi connectivity index (χ0n) is 15.2. The molecule has 4 heteroatoms. The van der Waals surface area contributed by atoms with Crippen LogP contribution in [-0.4, -0.2) is 16.0 Å². The van der Waals surface area contributed by atoms with E-state index in [2.05, 4.69) is 30.1 Å². The predicted molar refractivity (Wildman–Crippen MR) is 108 cm³/mol. The molecular formula is C23H22N2O2. The molecular weight excluding hydrogens is 336 g/mol. The molecule has 1 aliphatic heterocycles. The van der Waals surface area contributed by atoms with Crippen molar-refractivity contribution in [3.05, 3.63) is 108 Å². The molecule has 136 valence electrons. The quantitative estimate of drug-likeness (QED) is 0.789. The second kappa shape index (κ2) is 8.23. The number of hydrogen-bond donors (Lipinski definition) is 2. The third kappa shape index (κ3) is 4.01. The highest BCUT2D eigenvalue weighted by Gasteiger charge is 2.23. The van der Waals surface area contributed by atoms with Crippen LogP contribution in [0.3, 0.4) is 0 Å². The van der Waals surface area contributed by atoms with Gasteiger partial charge in [0, 0.05) is 18.4 Å².